The summed E-state index contributed by atoms with van der Waals surface area (Å²) >= 11 is 0. The third kappa shape index (κ3) is 2.34. The first-order valence-corrected chi connectivity index (χ1v) is 5.18. The van der Waals surface area contributed by atoms with Gasteiger partial charge in [-0.05, 0) is 18.6 Å². The minimum absolute atomic E-state index is 0.258. The van der Waals surface area contributed by atoms with Crippen LogP contribution in [-0.2, 0) is 4.79 Å². The second-order valence-corrected chi connectivity index (χ2v) is 3.87. The largest absolute Gasteiger partial charge is 0.480 e. The van der Waals surface area contributed by atoms with Gasteiger partial charge in [0.25, 0.3) is 0 Å². The van der Waals surface area contributed by atoms with Crippen molar-refractivity contribution in [2.75, 3.05) is 0 Å². The third-order valence-electron chi connectivity index (χ3n) is 2.49. The van der Waals surface area contributed by atoms with Gasteiger partial charge in [-0.1, -0.05) is 23.8 Å². The first-order valence-electron chi connectivity index (χ1n) is 5.18. The summed E-state index contributed by atoms with van der Waals surface area (Å²) in [4.78, 5) is 17.6. The van der Waals surface area contributed by atoms with Crippen LogP contribution in [0.4, 0.5) is 0 Å². The summed E-state index contributed by atoms with van der Waals surface area (Å²) in [6.07, 6.45) is 1.59. The number of aliphatic carboxylic acids is 1. The molecule has 1 aromatic carbocycles. The summed E-state index contributed by atoms with van der Waals surface area (Å²) in [7, 11) is 0. The van der Waals surface area contributed by atoms with Gasteiger partial charge < -0.3 is 15.8 Å². The minimum atomic E-state index is -1.12. The molecule has 0 aliphatic heterocycles. The standard InChI is InChI=1S/C12H13N3O2/c1-7-3-2-4-8(5-7)9-6-14-11(15-9)10(13)12(16)17/h2-6,10H,13H2,1H3,(H,14,15)(H,16,17). The first kappa shape index (κ1) is 11.3. The van der Waals surface area contributed by atoms with E-state index in [0.29, 0.717) is 0 Å². The Bertz CT molecular complexity index is 548. The van der Waals surface area contributed by atoms with Crippen LogP contribution in [0.15, 0.2) is 30.5 Å². The average Bonchev–Trinajstić information content (AvgIpc) is 2.77. The molecule has 0 fully saturated rings. The second kappa shape index (κ2) is 4.39. The van der Waals surface area contributed by atoms with Crippen LogP contribution in [0.5, 0.6) is 0 Å². The SMILES string of the molecule is Cc1cccc(-c2cnc(C(N)C(=O)O)[nH]2)c1. The number of nitrogens with zero attached hydrogens (tertiary/aromatic N) is 1. The smallest absolute Gasteiger partial charge is 0.328 e. The van der Waals surface area contributed by atoms with E-state index < -0.39 is 12.0 Å². The number of hydrogen-bond acceptors (Lipinski definition) is 3. The van der Waals surface area contributed by atoms with Gasteiger partial charge in [0.2, 0.25) is 0 Å². The lowest BCUT2D eigenvalue weighted by molar-refractivity contribution is -0.138. The fourth-order valence-corrected chi connectivity index (χ4v) is 1.57. The molecule has 1 aromatic heterocycles. The van der Waals surface area contributed by atoms with E-state index in [9.17, 15) is 4.79 Å². The van der Waals surface area contributed by atoms with Crippen LogP contribution in [-0.4, -0.2) is 21.0 Å². The van der Waals surface area contributed by atoms with Crippen molar-refractivity contribution >= 4 is 5.97 Å². The van der Waals surface area contributed by atoms with Crippen molar-refractivity contribution in [3.05, 3.63) is 41.9 Å². The van der Waals surface area contributed by atoms with Crippen LogP contribution in [0, 0.1) is 6.92 Å². The number of aryl methyl sites for hydroxylation is 1. The highest BCUT2D eigenvalue weighted by Gasteiger charge is 2.17. The zero-order valence-electron chi connectivity index (χ0n) is 9.34. The van der Waals surface area contributed by atoms with Gasteiger partial charge in [0.05, 0.1) is 11.9 Å². The number of carboxylic acids is 1. The molecular weight excluding hydrogens is 218 g/mol. The molecule has 1 unspecified atom stereocenters. The lowest BCUT2D eigenvalue weighted by Gasteiger charge is -2.02. The van der Waals surface area contributed by atoms with Crippen molar-refractivity contribution in [3.63, 3.8) is 0 Å². The van der Waals surface area contributed by atoms with Crippen molar-refractivity contribution in [1.29, 1.82) is 0 Å². The monoisotopic (exact) mass is 231 g/mol. The highest BCUT2D eigenvalue weighted by atomic mass is 16.4. The van der Waals surface area contributed by atoms with E-state index in [-0.39, 0.29) is 5.82 Å². The number of rotatable bonds is 3. The van der Waals surface area contributed by atoms with Crippen LogP contribution < -0.4 is 5.73 Å². The number of aromatic nitrogens is 2. The fourth-order valence-electron chi connectivity index (χ4n) is 1.57. The third-order valence-corrected chi connectivity index (χ3v) is 2.49. The molecule has 0 aliphatic rings. The van der Waals surface area contributed by atoms with Crippen molar-refractivity contribution in [2.45, 2.75) is 13.0 Å². The van der Waals surface area contributed by atoms with Gasteiger partial charge in [0.1, 0.15) is 5.82 Å². The Balaban J connectivity index is 2.33. The molecular formula is C12H13N3O2. The average molecular weight is 231 g/mol. The normalized spacial score (nSPS) is 12.4. The highest BCUT2D eigenvalue weighted by molar-refractivity contribution is 5.74. The maximum atomic E-state index is 10.7. The van der Waals surface area contributed by atoms with Crippen LogP contribution in [0.25, 0.3) is 11.3 Å². The number of hydrogen-bond donors (Lipinski definition) is 3. The molecule has 0 saturated heterocycles. The molecule has 0 amide bonds. The number of H-pyrrole nitrogens is 1. The number of aromatic amines is 1. The topological polar surface area (TPSA) is 92.0 Å². The Hall–Kier alpha value is -2.14. The molecule has 0 aliphatic carbocycles. The van der Waals surface area contributed by atoms with Crippen molar-refractivity contribution < 1.29 is 9.90 Å². The maximum absolute atomic E-state index is 10.7. The van der Waals surface area contributed by atoms with Crippen molar-refractivity contribution in [1.82, 2.24) is 9.97 Å². The molecule has 5 heteroatoms. The van der Waals surface area contributed by atoms with E-state index in [1.807, 2.05) is 31.2 Å². The number of benzene rings is 1. The van der Waals surface area contributed by atoms with E-state index in [1.54, 1.807) is 6.20 Å². The van der Waals surface area contributed by atoms with E-state index in [4.69, 9.17) is 10.8 Å². The predicted molar refractivity (Wildman–Crippen MR) is 63.3 cm³/mol. The molecule has 88 valence electrons. The number of carbonyl (C=O) groups is 1. The first-order chi connectivity index (χ1) is 8.08. The van der Waals surface area contributed by atoms with Crippen molar-refractivity contribution in [2.24, 2.45) is 5.73 Å². The fraction of sp³-hybridized carbons (Fsp3) is 0.167. The summed E-state index contributed by atoms with van der Waals surface area (Å²) < 4.78 is 0. The molecule has 5 nitrogen and oxygen atoms in total. The Morgan fingerprint density at radius 1 is 1.53 bits per heavy atom. The van der Waals surface area contributed by atoms with Gasteiger partial charge in [-0.25, -0.2) is 4.98 Å². The van der Waals surface area contributed by atoms with Crippen LogP contribution in [0.1, 0.15) is 17.4 Å². The van der Waals surface area contributed by atoms with Gasteiger partial charge in [0, 0.05) is 0 Å². The Labute approximate surface area is 98.3 Å². The number of nitrogens with one attached hydrogen (secondary N) is 1. The van der Waals surface area contributed by atoms with Gasteiger partial charge >= 0.3 is 5.97 Å². The van der Waals surface area contributed by atoms with Gasteiger partial charge in [-0.2, -0.15) is 0 Å². The van der Waals surface area contributed by atoms with Crippen molar-refractivity contribution in [3.8, 4) is 11.3 Å². The minimum Gasteiger partial charge on any atom is -0.480 e. The van der Waals surface area contributed by atoms with Crippen LogP contribution >= 0.6 is 0 Å². The van der Waals surface area contributed by atoms with Gasteiger partial charge in [-0.3, -0.25) is 4.79 Å². The summed E-state index contributed by atoms with van der Waals surface area (Å²) in [6.45, 7) is 1.99. The molecule has 2 aromatic rings. The van der Waals surface area contributed by atoms with E-state index in [1.165, 1.54) is 0 Å². The number of nitrogens with two attached hydrogens (primary N) is 1. The predicted octanol–water partition coefficient (Wildman–Crippen LogP) is 1.47. The Kier molecular flexibility index (Phi) is 2.93. The summed E-state index contributed by atoms with van der Waals surface area (Å²) in [5.74, 6) is -0.843. The zero-order valence-corrected chi connectivity index (χ0v) is 9.34. The Morgan fingerprint density at radius 2 is 2.29 bits per heavy atom. The van der Waals surface area contributed by atoms with Crippen LogP contribution in [0.3, 0.4) is 0 Å². The molecule has 2 rings (SSSR count). The van der Waals surface area contributed by atoms with E-state index in [0.717, 1.165) is 16.8 Å². The molecule has 1 heterocycles. The van der Waals surface area contributed by atoms with Crippen LogP contribution in [0.2, 0.25) is 0 Å². The van der Waals surface area contributed by atoms with E-state index in [2.05, 4.69) is 9.97 Å². The molecule has 4 N–H and O–H groups in total. The molecule has 17 heavy (non-hydrogen) atoms. The molecule has 0 bridgehead atoms. The lowest BCUT2D eigenvalue weighted by atomic mass is 10.1. The number of carboxylic acid groups (broad SMARTS) is 1. The molecule has 0 spiro atoms. The number of imidazole rings is 1. The zero-order chi connectivity index (χ0) is 12.4. The Morgan fingerprint density at radius 3 is 2.94 bits per heavy atom. The maximum Gasteiger partial charge on any atom is 0.328 e. The quantitative estimate of drug-likeness (QED) is 0.745. The summed E-state index contributed by atoms with van der Waals surface area (Å²) in [5.41, 5.74) is 8.32. The summed E-state index contributed by atoms with van der Waals surface area (Å²) in [5, 5.41) is 8.77. The van der Waals surface area contributed by atoms with E-state index >= 15 is 0 Å². The lowest BCUT2D eigenvalue weighted by Crippen LogP contribution is -2.21. The molecule has 0 radical (unpaired) electrons. The molecule has 0 saturated carbocycles. The van der Waals surface area contributed by atoms with Gasteiger partial charge in [0.15, 0.2) is 6.04 Å². The highest BCUT2D eigenvalue weighted by Crippen LogP contribution is 2.19. The molecule has 1 atom stereocenters. The van der Waals surface area contributed by atoms with Gasteiger partial charge in [-0.15, -0.1) is 0 Å². The summed E-state index contributed by atoms with van der Waals surface area (Å²) in [6, 6.07) is 6.72. The second-order valence-electron chi connectivity index (χ2n) is 3.87.